The number of rotatable bonds is 3. The molecule has 1 saturated carbocycles. The minimum Gasteiger partial charge on any atom is -0.330 e. The summed E-state index contributed by atoms with van der Waals surface area (Å²) >= 11 is 0. The summed E-state index contributed by atoms with van der Waals surface area (Å²) in [5.41, 5.74) is 5.50. The van der Waals surface area contributed by atoms with Crippen LogP contribution in [0.1, 0.15) is 19.8 Å². The molecule has 2 N–H and O–H groups in total. The molecule has 1 unspecified atom stereocenters. The molecule has 5 heteroatoms. The molecule has 0 aromatic rings. The van der Waals surface area contributed by atoms with Crippen LogP contribution in [-0.2, 0) is 9.59 Å². The first-order valence-electron chi connectivity index (χ1n) is 5.46. The SMILES string of the molecule is CC(CN)N1CCN(C2CC2)C(=O)C1=O. The van der Waals surface area contributed by atoms with E-state index in [2.05, 4.69) is 0 Å². The van der Waals surface area contributed by atoms with Gasteiger partial charge in [0.2, 0.25) is 0 Å². The second-order valence-electron chi connectivity index (χ2n) is 4.31. The minimum absolute atomic E-state index is 0.0391. The molecule has 1 saturated heterocycles. The lowest BCUT2D eigenvalue weighted by Crippen LogP contribution is -2.58. The lowest BCUT2D eigenvalue weighted by Gasteiger charge is -2.36. The lowest BCUT2D eigenvalue weighted by atomic mass is 10.2. The summed E-state index contributed by atoms with van der Waals surface area (Å²) in [6.07, 6.45) is 2.09. The molecular formula is C10H17N3O2. The zero-order valence-corrected chi connectivity index (χ0v) is 8.98. The highest BCUT2D eigenvalue weighted by atomic mass is 16.2. The van der Waals surface area contributed by atoms with Crippen LogP contribution in [0.2, 0.25) is 0 Å². The minimum atomic E-state index is -0.383. The van der Waals surface area contributed by atoms with Crippen molar-refractivity contribution in [2.45, 2.75) is 31.8 Å². The van der Waals surface area contributed by atoms with Crippen molar-refractivity contribution in [2.24, 2.45) is 5.73 Å². The zero-order chi connectivity index (χ0) is 11.0. The number of nitrogens with two attached hydrogens (primary N) is 1. The first-order chi connectivity index (χ1) is 7.15. The van der Waals surface area contributed by atoms with Crippen LogP contribution in [0.25, 0.3) is 0 Å². The smallest absolute Gasteiger partial charge is 0.312 e. The summed E-state index contributed by atoms with van der Waals surface area (Å²) in [7, 11) is 0. The Morgan fingerprint density at radius 1 is 1.33 bits per heavy atom. The van der Waals surface area contributed by atoms with Gasteiger partial charge in [-0.05, 0) is 19.8 Å². The number of piperazine rings is 1. The van der Waals surface area contributed by atoms with Gasteiger partial charge < -0.3 is 15.5 Å². The Kier molecular flexibility index (Phi) is 2.65. The van der Waals surface area contributed by atoms with E-state index in [0.29, 0.717) is 25.7 Å². The van der Waals surface area contributed by atoms with E-state index in [1.54, 1.807) is 9.80 Å². The number of amides is 2. The number of nitrogens with zero attached hydrogens (tertiary/aromatic N) is 2. The molecule has 1 atom stereocenters. The lowest BCUT2D eigenvalue weighted by molar-refractivity contribution is -0.157. The van der Waals surface area contributed by atoms with E-state index in [4.69, 9.17) is 5.73 Å². The average Bonchev–Trinajstić information content (AvgIpc) is 3.04. The summed E-state index contributed by atoms with van der Waals surface area (Å²) in [4.78, 5) is 26.8. The van der Waals surface area contributed by atoms with Crippen LogP contribution in [0, 0.1) is 0 Å². The maximum atomic E-state index is 11.7. The number of carbonyl (C=O) groups excluding carboxylic acids is 2. The Morgan fingerprint density at radius 3 is 2.53 bits per heavy atom. The molecule has 2 aliphatic rings. The normalized spacial score (nSPS) is 24.7. The molecule has 0 spiro atoms. The summed E-state index contributed by atoms with van der Waals surface area (Å²) in [5.74, 6) is -0.727. The average molecular weight is 211 g/mol. The maximum Gasteiger partial charge on any atom is 0.312 e. The van der Waals surface area contributed by atoms with Gasteiger partial charge in [-0.2, -0.15) is 0 Å². The first-order valence-corrected chi connectivity index (χ1v) is 5.46. The Hall–Kier alpha value is -1.10. The third-order valence-corrected chi connectivity index (χ3v) is 3.15. The van der Waals surface area contributed by atoms with Gasteiger partial charge in [-0.25, -0.2) is 0 Å². The Bertz CT molecular complexity index is 288. The van der Waals surface area contributed by atoms with Crippen molar-refractivity contribution in [3.63, 3.8) is 0 Å². The van der Waals surface area contributed by atoms with Gasteiger partial charge >= 0.3 is 11.8 Å². The van der Waals surface area contributed by atoms with E-state index in [0.717, 1.165) is 12.8 Å². The number of hydrogen-bond donors (Lipinski definition) is 1. The Labute approximate surface area is 89.2 Å². The molecule has 1 aliphatic heterocycles. The highest BCUT2D eigenvalue weighted by molar-refractivity contribution is 6.35. The fraction of sp³-hybridized carbons (Fsp3) is 0.800. The van der Waals surface area contributed by atoms with Crippen molar-refractivity contribution in [1.29, 1.82) is 0 Å². The molecule has 2 amide bonds. The fourth-order valence-electron chi connectivity index (χ4n) is 1.95. The Balaban J connectivity index is 2.03. The van der Waals surface area contributed by atoms with E-state index >= 15 is 0 Å². The van der Waals surface area contributed by atoms with Gasteiger partial charge in [0.05, 0.1) is 0 Å². The molecule has 0 bridgehead atoms. The maximum absolute atomic E-state index is 11.7. The van der Waals surface area contributed by atoms with Gasteiger partial charge in [0, 0.05) is 31.7 Å². The van der Waals surface area contributed by atoms with Crippen LogP contribution in [0.15, 0.2) is 0 Å². The van der Waals surface area contributed by atoms with Gasteiger partial charge in [-0.15, -0.1) is 0 Å². The van der Waals surface area contributed by atoms with Crippen molar-refractivity contribution in [1.82, 2.24) is 9.80 Å². The number of carbonyl (C=O) groups is 2. The summed E-state index contributed by atoms with van der Waals surface area (Å²) in [6, 6.07) is 0.291. The molecule has 0 aromatic heterocycles. The molecule has 5 nitrogen and oxygen atoms in total. The monoisotopic (exact) mass is 211 g/mol. The predicted octanol–water partition coefficient (Wildman–Crippen LogP) is -0.833. The molecule has 1 aliphatic carbocycles. The largest absolute Gasteiger partial charge is 0.330 e. The van der Waals surface area contributed by atoms with Crippen LogP contribution in [-0.4, -0.2) is 53.3 Å². The van der Waals surface area contributed by atoms with E-state index in [-0.39, 0.29) is 17.9 Å². The van der Waals surface area contributed by atoms with Crippen molar-refractivity contribution < 1.29 is 9.59 Å². The third kappa shape index (κ3) is 1.84. The molecule has 84 valence electrons. The van der Waals surface area contributed by atoms with E-state index in [9.17, 15) is 9.59 Å². The fourth-order valence-corrected chi connectivity index (χ4v) is 1.95. The molecular weight excluding hydrogens is 194 g/mol. The number of hydrogen-bond acceptors (Lipinski definition) is 3. The van der Waals surface area contributed by atoms with Gasteiger partial charge in [0.15, 0.2) is 0 Å². The highest BCUT2D eigenvalue weighted by Crippen LogP contribution is 2.28. The second-order valence-corrected chi connectivity index (χ2v) is 4.31. The van der Waals surface area contributed by atoms with Crippen LogP contribution in [0.3, 0.4) is 0 Å². The van der Waals surface area contributed by atoms with Gasteiger partial charge in [0.25, 0.3) is 0 Å². The van der Waals surface area contributed by atoms with Gasteiger partial charge in [-0.1, -0.05) is 0 Å². The molecule has 1 heterocycles. The summed E-state index contributed by atoms with van der Waals surface area (Å²) in [6.45, 7) is 3.57. The zero-order valence-electron chi connectivity index (χ0n) is 8.98. The van der Waals surface area contributed by atoms with Crippen LogP contribution < -0.4 is 5.73 Å². The van der Waals surface area contributed by atoms with E-state index < -0.39 is 0 Å². The van der Waals surface area contributed by atoms with Crippen LogP contribution in [0.4, 0.5) is 0 Å². The van der Waals surface area contributed by atoms with E-state index in [1.807, 2.05) is 6.92 Å². The Morgan fingerprint density at radius 2 is 2.00 bits per heavy atom. The van der Waals surface area contributed by atoms with Crippen molar-refractivity contribution in [2.75, 3.05) is 19.6 Å². The van der Waals surface area contributed by atoms with Crippen LogP contribution in [0.5, 0.6) is 0 Å². The predicted molar refractivity (Wildman–Crippen MR) is 55.0 cm³/mol. The second kappa shape index (κ2) is 3.81. The van der Waals surface area contributed by atoms with E-state index in [1.165, 1.54) is 0 Å². The van der Waals surface area contributed by atoms with Gasteiger partial charge in [-0.3, -0.25) is 9.59 Å². The van der Waals surface area contributed by atoms with Crippen LogP contribution >= 0.6 is 0 Å². The molecule has 2 rings (SSSR count). The molecule has 15 heavy (non-hydrogen) atoms. The van der Waals surface area contributed by atoms with Crippen molar-refractivity contribution >= 4 is 11.8 Å². The third-order valence-electron chi connectivity index (χ3n) is 3.15. The van der Waals surface area contributed by atoms with Crippen molar-refractivity contribution in [3.05, 3.63) is 0 Å². The standard InChI is InChI=1S/C10H17N3O2/c1-7(6-11)12-4-5-13(8-2-3-8)10(15)9(12)14/h7-8H,2-6,11H2,1H3. The quantitative estimate of drug-likeness (QED) is 0.619. The summed E-state index contributed by atoms with van der Waals surface area (Å²) < 4.78 is 0. The van der Waals surface area contributed by atoms with Gasteiger partial charge in [0.1, 0.15) is 0 Å². The first kappa shape index (κ1) is 10.4. The highest BCUT2D eigenvalue weighted by Gasteiger charge is 2.41. The molecule has 0 radical (unpaired) electrons. The molecule has 0 aromatic carbocycles. The molecule has 2 fully saturated rings. The van der Waals surface area contributed by atoms with Crippen molar-refractivity contribution in [3.8, 4) is 0 Å². The summed E-state index contributed by atoms with van der Waals surface area (Å²) in [5, 5.41) is 0. The topological polar surface area (TPSA) is 66.6 Å².